The van der Waals surface area contributed by atoms with Crippen LogP contribution < -0.4 is 0 Å². The number of fused-ring (bicyclic) bond motifs is 2. The smallest absolute Gasteiger partial charge is 0.126 e. The van der Waals surface area contributed by atoms with Crippen molar-refractivity contribution in [3.05, 3.63) is 0 Å². The minimum Gasteiger partial charge on any atom is -0.126 e. The van der Waals surface area contributed by atoms with Gasteiger partial charge in [-0.1, -0.05) is 0 Å². The molecule has 0 aromatic carbocycles. The van der Waals surface area contributed by atoms with Crippen molar-refractivity contribution in [2.45, 2.75) is 31.2 Å². The van der Waals surface area contributed by atoms with Crippen LogP contribution in [0.2, 0.25) is 0 Å². The summed E-state index contributed by atoms with van der Waals surface area (Å²) in [5.41, 5.74) is -2.02. The molecule has 0 saturated heterocycles. The Kier molecular flexibility index (Phi) is 5.02. The van der Waals surface area contributed by atoms with E-state index in [1.807, 2.05) is 0 Å². The van der Waals surface area contributed by atoms with Crippen LogP contribution in [0.3, 0.4) is 0 Å². The van der Waals surface area contributed by atoms with Crippen LogP contribution in [0.25, 0.3) is 0 Å². The molecule has 0 aromatic rings. The lowest BCUT2D eigenvalue weighted by atomic mass is 9.69. The molecule has 0 nitrogen and oxygen atoms in total. The Labute approximate surface area is 157 Å². The van der Waals surface area contributed by atoms with Gasteiger partial charge in [0.25, 0.3) is 0 Å². The van der Waals surface area contributed by atoms with Crippen LogP contribution in [-0.2, 0) is 0 Å². The highest BCUT2D eigenvalue weighted by molar-refractivity contribution is 6.55. The summed E-state index contributed by atoms with van der Waals surface area (Å²) < 4.78 is -2.30. The molecule has 2 rings (SSSR count). The van der Waals surface area contributed by atoms with E-state index in [-0.39, 0.29) is 18.7 Å². The standard InChI is InChI=1S/C10H9Cl9/c11-3-7-2-8(16,17)4(1-9(7,18)19)10(7,5(12)13)6(14)15/h4-6H,1-3H2. The van der Waals surface area contributed by atoms with Gasteiger partial charge in [0, 0.05) is 22.6 Å². The highest BCUT2D eigenvalue weighted by Gasteiger charge is 2.83. The normalized spacial score (nSPS) is 38.4. The Morgan fingerprint density at radius 1 is 0.947 bits per heavy atom. The quantitative estimate of drug-likeness (QED) is 0.428. The molecule has 0 aliphatic heterocycles. The molecule has 2 atom stereocenters. The summed E-state index contributed by atoms with van der Waals surface area (Å²) in [7, 11) is 0. The molecule has 0 spiro atoms. The van der Waals surface area contributed by atoms with Crippen molar-refractivity contribution < 1.29 is 0 Å². The molecule has 2 aliphatic rings. The zero-order valence-corrected chi connectivity index (χ0v) is 16.1. The van der Waals surface area contributed by atoms with Crippen LogP contribution in [-0.4, -0.2) is 24.2 Å². The van der Waals surface area contributed by atoms with E-state index >= 15 is 0 Å². The average Bonchev–Trinajstić information content (AvgIpc) is 2.57. The van der Waals surface area contributed by atoms with E-state index in [0.717, 1.165) is 0 Å². The molecule has 2 saturated carbocycles. The zero-order chi connectivity index (χ0) is 14.9. The van der Waals surface area contributed by atoms with Gasteiger partial charge in [-0.05, 0) is 12.8 Å². The van der Waals surface area contributed by atoms with Crippen molar-refractivity contribution in [1.29, 1.82) is 0 Å². The molecule has 2 aliphatic carbocycles. The van der Waals surface area contributed by atoms with E-state index < -0.39 is 35.1 Å². The Balaban J connectivity index is 2.72. The maximum absolute atomic E-state index is 6.45. The van der Waals surface area contributed by atoms with E-state index in [1.165, 1.54) is 0 Å². The van der Waals surface area contributed by atoms with E-state index in [0.29, 0.717) is 0 Å². The summed E-state index contributed by atoms with van der Waals surface area (Å²) in [5, 5.41) is 0. The van der Waals surface area contributed by atoms with Crippen molar-refractivity contribution in [3.63, 3.8) is 0 Å². The summed E-state index contributed by atoms with van der Waals surface area (Å²) >= 11 is 56.6. The second-order valence-corrected chi connectivity index (χ2v) is 10.6. The molecular formula is C10H9Cl9. The second-order valence-electron chi connectivity index (χ2n) is 5.15. The molecule has 0 aromatic heterocycles. The molecule has 112 valence electrons. The number of rotatable bonds is 3. The van der Waals surface area contributed by atoms with Crippen molar-refractivity contribution in [3.8, 4) is 0 Å². The fraction of sp³-hybridized carbons (Fsp3) is 1.00. The van der Waals surface area contributed by atoms with Crippen LogP contribution in [0.15, 0.2) is 0 Å². The van der Waals surface area contributed by atoms with Gasteiger partial charge in [0.1, 0.15) is 18.3 Å². The van der Waals surface area contributed by atoms with Crippen LogP contribution in [0.4, 0.5) is 0 Å². The predicted molar refractivity (Wildman–Crippen MR) is 88.2 cm³/mol. The zero-order valence-electron chi connectivity index (χ0n) is 9.26. The van der Waals surface area contributed by atoms with Crippen molar-refractivity contribution >= 4 is 104 Å². The van der Waals surface area contributed by atoms with Crippen LogP contribution in [0.1, 0.15) is 12.8 Å². The molecule has 0 amide bonds. The topological polar surface area (TPSA) is 0 Å². The molecule has 0 radical (unpaired) electrons. The van der Waals surface area contributed by atoms with Crippen LogP contribution in [0.5, 0.6) is 0 Å². The van der Waals surface area contributed by atoms with Gasteiger partial charge >= 0.3 is 0 Å². The summed E-state index contributed by atoms with van der Waals surface area (Å²) in [6.07, 6.45) is 0.512. The Hall–Kier alpha value is 2.61. The third-order valence-corrected chi connectivity index (χ3v) is 8.29. The van der Waals surface area contributed by atoms with Crippen LogP contribution >= 0.6 is 104 Å². The molecular weight excluding hydrogens is 439 g/mol. The maximum Gasteiger partial charge on any atom is 0.126 e. The molecule has 0 N–H and O–H groups in total. The van der Waals surface area contributed by atoms with Gasteiger partial charge in [-0.2, -0.15) is 0 Å². The number of halogens is 9. The minimum atomic E-state index is -1.18. The van der Waals surface area contributed by atoms with E-state index in [4.69, 9.17) is 104 Å². The second kappa shape index (κ2) is 5.32. The summed E-state index contributed by atoms with van der Waals surface area (Å²) in [6, 6.07) is 0. The van der Waals surface area contributed by atoms with Gasteiger partial charge in [-0.15, -0.1) is 104 Å². The highest BCUT2D eigenvalue weighted by Crippen LogP contribution is 2.82. The van der Waals surface area contributed by atoms with E-state index in [9.17, 15) is 0 Å². The number of alkyl halides is 9. The molecule has 2 unspecified atom stereocenters. The largest absolute Gasteiger partial charge is 0.126 e. The summed E-state index contributed by atoms with van der Waals surface area (Å²) in [4.78, 5) is -1.90. The Morgan fingerprint density at radius 3 is 1.74 bits per heavy atom. The first kappa shape index (κ1) is 18.0. The lowest BCUT2D eigenvalue weighted by molar-refractivity contribution is 0.134. The number of hydrogen-bond donors (Lipinski definition) is 0. The predicted octanol–water partition coefficient (Wildman–Crippen LogP) is 6.58. The fourth-order valence-electron chi connectivity index (χ4n) is 3.66. The Bertz CT molecular complexity index is 369. The third kappa shape index (κ3) is 2.08. The van der Waals surface area contributed by atoms with Gasteiger partial charge in [0.15, 0.2) is 0 Å². The molecule has 0 heterocycles. The first-order valence-electron chi connectivity index (χ1n) is 5.37. The minimum absolute atomic E-state index is 0.0591. The third-order valence-electron chi connectivity index (χ3n) is 4.56. The molecule has 9 heteroatoms. The van der Waals surface area contributed by atoms with Gasteiger partial charge < -0.3 is 0 Å². The molecule has 2 bridgehead atoms. The van der Waals surface area contributed by atoms with Gasteiger partial charge in [0.05, 0.1) is 0 Å². The van der Waals surface area contributed by atoms with Crippen molar-refractivity contribution in [1.82, 2.24) is 0 Å². The van der Waals surface area contributed by atoms with Gasteiger partial charge in [0.2, 0.25) is 0 Å². The first-order chi connectivity index (χ1) is 8.49. The van der Waals surface area contributed by atoms with Gasteiger partial charge in [-0.3, -0.25) is 0 Å². The molecule has 19 heavy (non-hydrogen) atoms. The number of hydrogen-bond acceptors (Lipinski definition) is 0. The lowest BCUT2D eigenvalue weighted by Crippen LogP contribution is -2.53. The van der Waals surface area contributed by atoms with E-state index in [1.54, 1.807) is 0 Å². The van der Waals surface area contributed by atoms with Gasteiger partial charge in [-0.25, -0.2) is 0 Å². The van der Waals surface area contributed by atoms with Crippen LogP contribution in [0, 0.1) is 16.7 Å². The summed E-state index contributed by atoms with van der Waals surface area (Å²) in [6.45, 7) is 0. The monoisotopic (exact) mass is 444 g/mol. The average molecular weight is 448 g/mol. The van der Waals surface area contributed by atoms with E-state index in [2.05, 4.69) is 0 Å². The summed E-state index contributed by atoms with van der Waals surface area (Å²) in [5.74, 6) is -0.388. The first-order valence-corrected chi connectivity index (χ1v) is 9.17. The lowest BCUT2D eigenvalue weighted by Gasteiger charge is -2.47. The van der Waals surface area contributed by atoms with Crippen molar-refractivity contribution in [2.75, 3.05) is 5.88 Å². The Morgan fingerprint density at radius 2 is 1.42 bits per heavy atom. The van der Waals surface area contributed by atoms with Crippen molar-refractivity contribution in [2.24, 2.45) is 16.7 Å². The highest BCUT2D eigenvalue weighted by atomic mass is 35.5. The molecule has 2 fully saturated rings. The SMILES string of the molecule is ClCC12CC(Cl)(Cl)C(CC1(Cl)Cl)C2(C(Cl)Cl)C(Cl)Cl. The maximum atomic E-state index is 6.45. The fourth-order valence-corrected chi connectivity index (χ4v) is 8.43.